The van der Waals surface area contributed by atoms with Gasteiger partial charge in [0, 0.05) is 0 Å². The Morgan fingerprint density at radius 2 is 1.18 bits per heavy atom. The maximum atomic E-state index is 11.5. The summed E-state index contributed by atoms with van der Waals surface area (Å²) >= 11 is 0. The first-order chi connectivity index (χ1) is 4.71. The van der Waals surface area contributed by atoms with Crippen LogP contribution in [0.1, 0.15) is 0 Å². The molecule has 1 aliphatic rings. The van der Waals surface area contributed by atoms with Crippen LogP contribution in [0.3, 0.4) is 0 Å². The fourth-order valence-corrected chi connectivity index (χ4v) is 0.443. The van der Waals surface area contributed by atoms with Crippen LogP contribution < -0.4 is 5.48 Å². The SMILES string of the molecule is FC(F)(F)C1(C(F)(F)F)NO1. The van der Waals surface area contributed by atoms with Crippen molar-refractivity contribution in [3.05, 3.63) is 0 Å². The smallest absolute Gasteiger partial charge is 0.255 e. The molecule has 11 heavy (non-hydrogen) atoms. The molecule has 0 spiro atoms. The number of hydrogen-bond donors (Lipinski definition) is 1. The second-order valence-corrected chi connectivity index (χ2v) is 1.88. The summed E-state index contributed by atoms with van der Waals surface area (Å²) in [6.45, 7) is 0. The minimum absolute atomic E-state index is 0.778. The monoisotopic (exact) mass is 181 g/mol. The van der Waals surface area contributed by atoms with Crippen molar-refractivity contribution in [1.29, 1.82) is 0 Å². The van der Waals surface area contributed by atoms with Gasteiger partial charge in [-0.3, -0.25) is 4.84 Å². The highest BCUT2D eigenvalue weighted by Crippen LogP contribution is 2.49. The predicted octanol–water partition coefficient (Wildman–Crippen LogP) is 1.34. The van der Waals surface area contributed by atoms with Crippen LogP contribution in [0.15, 0.2) is 0 Å². The fourth-order valence-electron chi connectivity index (χ4n) is 0.443. The van der Waals surface area contributed by atoms with E-state index >= 15 is 0 Å². The van der Waals surface area contributed by atoms with E-state index in [2.05, 4.69) is 4.84 Å². The van der Waals surface area contributed by atoms with E-state index in [4.69, 9.17) is 0 Å². The Bertz CT molecular complexity index is 150. The first-order valence-electron chi connectivity index (χ1n) is 2.29. The predicted molar refractivity (Wildman–Crippen MR) is 19.1 cm³/mol. The number of hydroxylamine groups is 1. The molecule has 0 aliphatic carbocycles. The Kier molecular flexibility index (Phi) is 1.41. The minimum atomic E-state index is -5.47. The van der Waals surface area contributed by atoms with Gasteiger partial charge in [-0.05, 0) is 0 Å². The van der Waals surface area contributed by atoms with E-state index in [1.54, 1.807) is 0 Å². The van der Waals surface area contributed by atoms with Crippen molar-refractivity contribution in [1.82, 2.24) is 5.48 Å². The van der Waals surface area contributed by atoms with E-state index in [1.807, 2.05) is 0 Å². The average Bonchev–Trinajstić information content (AvgIpc) is 2.31. The van der Waals surface area contributed by atoms with Crippen molar-refractivity contribution in [3.8, 4) is 0 Å². The topological polar surface area (TPSA) is 34.5 Å². The molecule has 0 aromatic rings. The maximum Gasteiger partial charge on any atom is 0.444 e. The van der Waals surface area contributed by atoms with Crippen molar-refractivity contribution < 1.29 is 31.2 Å². The van der Waals surface area contributed by atoms with Gasteiger partial charge in [0.25, 0.3) is 0 Å². The van der Waals surface area contributed by atoms with Crippen molar-refractivity contribution in [3.63, 3.8) is 0 Å². The Labute approximate surface area is 56.1 Å². The van der Waals surface area contributed by atoms with E-state index < -0.39 is 18.1 Å². The number of nitrogens with one attached hydrogen (secondary N) is 1. The zero-order valence-corrected chi connectivity index (χ0v) is 4.68. The molecule has 0 atom stereocenters. The highest BCUT2D eigenvalue weighted by molar-refractivity contribution is 4.98. The summed E-state index contributed by atoms with van der Waals surface area (Å²) in [5, 5.41) is 0. The van der Waals surface area contributed by atoms with Gasteiger partial charge >= 0.3 is 18.1 Å². The summed E-state index contributed by atoms with van der Waals surface area (Å²) in [5.74, 6) is 0. The standard InChI is InChI=1S/C3HF6NO/c4-2(5,6)1(10-11-1)3(7,8)9/h10H. The van der Waals surface area contributed by atoms with Crippen molar-refractivity contribution in [2.75, 3.05) is 0 Å². The number of alkyl halides is 6. The molecule has 1 saturated heterocycles. The molecule has 1 rings (SSSR count). The molecule has 8 heteroatoms. The van der Waals surface area contributed by atoms with E-state index in [0.717, 1.165) is 5.48 Å². The molecule has 1 fully saturated rings. The maximum absolute atomic E-state index is 11.5. The molecule has 0 amide bonds. The lowest BCUT2D eigenvalue weighted by molar-refractivity contribution is -0.292. The van der Waals surface area contributed by atoms with Gasteiger partial charge in [0.05, 0.1) is 0 Å². The molecule has 66 valence electrons. The molecule has 0 aromatic carbocycles. The second kappa shape index (κ2) is 1.81. The lowest BCUT2D eigenvalue weighted by Gasteiger charge is -2.15. The number of hydrogen-bond acceptors (Lipinski definition) is 2. The van der Waals surface area contributed by atoms with Crippen LogP contribution in [-0.2, 0) is 4.84 Å². The second-order valence-electron chi connectivity index (χ2n) is 1.88. The molecule has 1 N–H and O–H groups in total. The molecule has 0 radical (unpaired) electrons. The molecule has 0 aromatic heterocycles. The first-order valence-corrected chi connectivity index (χ1v) is 2.29. The van der Waals surface area contributed by atoms with Gasteiger partial charge in [-0.15, -0.1) is 5.48 Å². The molecular weight excluding hydrogens is 180 g/mol. The van der Waals surface area contributed by atoms with Gasteiger partial charge in [-0.1, -0.05) is 0 Å². The molecule has 2 nitrogen and oxygen atoms in total. The van der Waals surface area contributed by atoms with Crippen LogP contribution >= 0.6 is 0 Å². The summed E-state index contributed by atoms with van der Waals surface area (Å²) in [4.78, 5) is 3.12. The Balaban J connectivity index is 2.85. The van der Waals surface area contributed by atoms with E-state index in [-0.39, 0.29) is 0 Å². The minimum Gasteiger partial charge on any atom is -0.255 e. The Morgan fingerprint density at radius 3 is 1.18 bits per heavy atom. The Hall–Kier alpha value is -0.500. The summed E-state index contributed by atoms with van der Waals surface area (Å²) in [6.07, 6.45) is -10.9. The molecule has 0 bridgehead atoms. The van der Waals surface area contributed by atoms with Crippen LogP contribution in [-0.4, -0.2) is 18.1 Å². The van der Waals surface area contributed by atoms with E-state index in [1.165, 1.54) is 0 Å². The quantitative estimate of drug-likeness (QED) is 0.452. The van der Waals surface area contributed by atoms with Gasteiger partial charge in [0.15, 0.2) is 0 Å². The molecule has 1 heterocycles. The van der Waals surface area contributed by atoms with Crippen molar-refractivity contribution in [2.24, 2.45) is 0 Å². The lowest BCUT2D eigenvalue weighted by Crippen LogP contribution is -2.48. The van der Waals surface area contributed by atoms with Crippen LogP contribution in [0.25, 0.3) is 0 Å². The zero-order chi connectivity index (χ0) is 8.91. The lowest BCUT2D eigenvalue weighted by atomic mass is 10.2. The Morgan fingerprint density at radius 1 is 0.909 bits per heavy atom. The third-order valence-corrected chi connectivity index (χ3v) is 1.10. The largest absolute Gasteiger partial charge is 0.444 e. The van der Waals surface area contributed by atoms with Gasteiger partial charge in [-0.25, -0.2) is 0 Å². The van der Waals surface area contributed by atoms with Crippen molar-refractivity contribution in [2.45, 2.75) is 18.1 Å². The molecular formula is C3HF6NO. The summed E-state index contributed by atoms with van der Waals surface area (Å²) in [7, 11) is 0. The van der Waals surface area contributed by atoms with Crippen LogP contribution in [0, 0.1) is 0 Å². The summed E-state index contributed by atoms with van der Waals surface area (Å²) in [6, 6.07) is 0. The van der Waals surface area contributed by atoms with Gasteiger partial charge < -0.3 is 0 Å². The van der Waals surface area contributed by atoms with Gasteiger partial charge in [-0.2, -0.15) is 26.3 Å². The molecule has 0 unspecified atom stereocenters. The van der Waals surface area contributed by atoms with E-state index in [9.17, 15) is 26.3 Å². The van der Waals surface area contributed by atoms with Gasteiger partial charge in [0.2, 0.25) is 0 Å². The number of rotatable bonds is 0. The number of halogens is 6. The van der Waals surface area contributed by atoms with Crippen molar-refractivity contribution >= 4 is 0 Å². The third kappa shape index (κ3) is 1.06. The normalized spacial score (nSPS) is 23.5. The molecule has 1 aliphatic heterocycles. The third-order valence-electron chi connectivity index (χ3n) is 1.10. The van der Waals surface area contributed by atoms with Gasteiger partial charge in [0.1, 0.15) is 0 Å². The van der Waals surface area contributed by atoms with Crippen LogP contribution in [0.2, 0.25) is 0 Å². The average molecular weight is 181 g/mol. The zero-order valence-electron chi connectivity index (χ0n) is 4.68. The summed E-state index contributed by atoms with van der Waals surface area (Å²) < 4.78 is 68.9. The first kappa shape index (κ1) is 8.60. The van der Waals surface area contributed by atoms with Crippen LogP contribution in [0.4, 0.5) is 26.3 Å². The fraction of sp³-hybridized carbons (Fsp3) is 1.00. The highest BCUT2D eigenvalue weighted by Gasteiger charge is 2.82. The summed E-state index contributed by atoms with van der Waals surface area (Å²) in [5.41, 5.74) is -3.35. The van der Waals surface area contributed by atoms with Crippen LogP contribution in [0.5, 0.6) is 0 Å². The molecule has 0 saturated carbocycles. The highest BCUT2D eigenvalue weighted by atomic mass is 19.4. The van der Waals surface area contributed by atoms with E-state index in [0.29, 0.717) is 0 Å².